The van der Waals surface area contributed by atoms with Gasteiger partial charge in [-0.05, 0) is 0 Å². The van der Waals surface area contributed by atoms with E-state index in [4.69, 9.17) is 0 Å². The van der Waals surface area contributed by atoms with Crippen LogP contribution in [-0.4, -0.2) is 16.8 Å². The Morgan fingerprint density at radius 1 is 1.33 bits per heavy atom. The molecule has 2 nitrogen and oxygen atoms in total. The van der Waals surface area contributed by atoms with Gasteiger partial charge in [0.2, 0.25) is 6.04 Å². The quantitative estimate of drug-likeness (QED) is 0.453. The van der Waals surface area contributed by atoms with Crippen LogP contribution in [0.5, 0.6) is 0 Å². The first kappa shape index (κ1) is 6.72. The molecule has 2 heteroatoms. The minimum Gasteiger partial charge on any atom is -0.0558 e. The SMILES string of the molecule is CC1CC(C)[N+](=O)C1C. The molecule has 0 radical (unpaired) electrons. The van der Waals surface area contributed by atoms with Crippen LogP contribution in [0.25, 0.3) is 0 Å². The van der Waals surface area contributed by atoms with Gasteiger partial charge in [-0.1, -0.05) is 6.92 Å². The van der Waals surface area contributed by atoms with Crippen molar-refractivity contribution in [2.24, 2.45) is 5.92 Å². The molecule has 1 fully saturated rings. The van der Waals surface area contributed by atoms with Crippen LogP contribution in [0.4, 0.5) is 0 Å². The molecule has 1 saturated heterocycles. The predicted octanol–water partition coefficient (Wildman–Crippen LogP) is 1.58. The Kier molecular flexibility index (Phi) is 1.56. The van der Waals surface area contributed by atoms with E-state index in [2.05, 4.69) is 6.92 Å². The zero-order chi connectivity index (χ0) is 7.02. The highest BCUT2D eigenvalue weighted by Gasteiger charge is 2.40. The van der Waals surface area contributed by atoms with Crippen LogP contribution >= 0.6 is 0 Å². The molecule has 0 aromatic heterocycles. The number of rotatable bonds is 0. The van der Waals surface area contributed by atoms with Crippen LogP contribution in [-0.2, 0) is 0 Å². The molecule has 0 N–H and O–H groups in total. The molecule has 0 amide bonds. The highest BCUT2D eigenvalue weighted by atomic mass is 16.3. The second-order valence-electron chi connectivity index (χ2n) is 3.16. The van der Waals surface area contributed by atoms with Gasteiger partial charge in [0.1, 0.15) is 0 Å². The normalized spacial score (nSPS) is 43.9. The maximum atomic E-state index is 11.0. The van der Waals surface area contributed by atoms with Gasteiger partial charge in [0, 0.05) is 35.9 Å². The Morgan fingerprint density at radius 3 is 2.00 bits per heavy atom. The average molecular weight is 128 g/mol. The van der Waals surface area contributed by atoms with Crippen molar-refractivity contribution < 1.29 is 4.76 Å². The van der Waals surface area contributed by atoms with E-state index in [1.807, 2.05) is 13.8 Å². The standard InChI is InChI=1S/C7H14NO/c1-5-4-6(2)8(9)7(5)3/h5-7H,4H2,1-3H3/q+1. The molecule has 1 aliphatic rings. The van der Waals surface area contributed by atoms with E-state index in [0.717, 1.165) is 6.42 Å². The van der Waals surface area contributed by atoms with Crippen LogP contribution < -0.4 is 0 Å². The summed E-state index contributed by atoms with van der Waals surface area (Å²) in [7, 11) is 0. The van der Waals surface area contributed by atoms with Crippen LogP contribution in [0.3, 0.4) is 0 Å². The van der Waals surface area contributed by atoms with Crippen molar-refractivity contribution in [1.82, 2.24) is 0 Å². The Morgan fingerprint density at radius 2 is 1.89 bits per heavy atom. The van der Waals surface area contributed by atoms with E-state index in [0.29, 0.717) is 5.92 Å². The molecule has 1 rings (SSSR count). The van der Waals surface area contributed by atoms with Gasteiger partial charge in [0.15, 0.2) is 6.04 Å². The third-order valence-corrected chi connectivity index (χ3v) is 2.37. The van der Waals surface area contributed by atoms with Crippen molar-refractivity contribution in [3.8, 4) is 0 Å². The minimum atomic E-state index is 0.236. The fourth-order valence-electron chi connectivity index (χ4n) is 1.49. The highest BCUT2D eigenvalue weighted by Crippen LogP contribution is 2.23. The summed E-state index contributed by atoms with van der Waals surface area (Å²) in [4.78, 5) is 11.0. The third kappa shape index (κ3) is 0.979. The van der Waals surface area contributed by atoms with E-state index in [-0.39, 0.29) is 12.1 Å². The molecule has 1 aliphatic heterocycles. The number of nitrogens with zero attached hydrogens (tertiary/aromatic N) is 1. The summed E-state index contributed by atoms with van der Waals surface area (Å²) in [6.07, 6.45) is 1.06. The van der Waals surface area contributed by atoms with Crippen LogP contribution in [0.2, 0.25) is 0 Å². The van der Waals surface area contributed by atoms with Crippen LogP contribution in [0.15, 0.2) is 0 Å². The van der Waals surface area contributed by atoms with Gasteiger partial charge in [-0.2, -0.15) is 0 Å². The number of hydrogen-bond donors (Lipinski definition) is 0. The Bertz CT molecular complexity index is 133. The zero-order valence-corrected chi connectivity index (χ0v) is 6.29. The van der Waals surface area contributed by atoms with Crippen molar-refractivity contribution in [1.29, 1.82) is 0 Å². The molecule has 3 unspecified atom stereocenters. The van der Waals surface area contributed by atoms with E-state index in [1.54, 1.807) is 0 Å². The molecule has 1 heterocycles. The van der Waals surface area contributed by atoms with Gasteiger partial charge in [0.05, 0.1) is 0 Å². The van der Waals surface area contributed by atoms with Crippen LogP contribution in [0, 0.1) is 10.8 Å². The van der Waals surface area contributed by atoms with Gasteiger partial charge in [0.25, 0.3) is 0 Å². The van der Waals surface area contributed by atoms with Crippen molar-refractivity contribution in [3.05, 3.63) is 4.91 Å². The summed E-state index contributed by atoms with van der Waals surface area (Å²) in [5.74, 6) is 0.581. The fraction of sp³-hybridized carbons (Fsp3) is 1.00. The molecule has 0 aliphatic carbocycles. The Balaban J connectivity index is 2.65. The maximum Gasteiger partial charge on any atom is 0.201 e. The van der Waals surface area contributed by atoms with E-state index in [9.17, 15) is 4.91 Å². The van der Waals surface area contributed by atoms with Gasteiger partial charge in [-0.3, -0.25) is 0 Å². The fourth-order valence-corrected chi connectivity index (χ4v) is 1.49. The van der Waals surface area contributed by atoms with Crippen molar-refractivity contribution >= 4 is 0 Å². The largest absolute Gasteiger partial charge is 0.201 e. The highest BCUT2D eigenvalue weighted by molar-refractivity contribution is 4.70. The van der Waals surface area contributed by atoms with Gasteiger partial charge < -0.3 is 0 Å². The number of hydrogen-bond acceptors (Lipinski definition) is 1. The molecule has 0 aromatic rings. The molecule has 0 saturated carbocycles. The predicted molar refractivity (Wildman–Crippen MR) is 36.3 cm³/mol. The van der Waals surface area contributed by atoms with Gasteiger partial charge in [-0.25, -0.2) is 0 Å². The average Bonchev–Trinajstić information content (AvgIpc) is 1.98. The lowest BCUT2D eigenvalue weighted by atomic mass is 10.0. The topological polar surface area (TPSA) is 20.1 Å². The summed E-state index contributed by atoms with van der Waals surface area (Å²) in [5.41, 5.74) is 0. The zero-order valence-electron chi connectivity index (χ0n) is 6.29. The van der Waals surface area contributed by atoms with E-state index >= 15 is 0 Å². The summed E-state index contributed by atoms with van der Waals surface area (Å²) in [6.45, 7) is 6.13. The second kappa shape index (κ2) is 2.09. The van der Waals surface area contributed by atoms with Crippen LogP contribution in [0.1, 0.15) is 27.2 Å². The maximum absolute atomic E-state index is 11.0. The molecule has 0 bridgehead atoms. The third-order valence-electron chi connectivity index (χ3n) is 2.37. The minimum absolute atomic E-state index is 0.236. The lowest BCUT2D eigenvalue weighted by Gasteiger charge is -1.96. The summed E-state index contributed by atoms with van der Waals surface area (Å²) < 4.78 is 1.21. The first-order chi connectivity index (χ1) is 4.13. The first-order valence-corrected chi connectivity index (χ1v) is 3.58. The molecule has 3 atom stereocenters. The van der Waals surface area contributed by atoms with E-state index < -0.39 is 0 Å². The van der Waals surface area contributed by atoms with Gasteiger partial charge in [-0.15, -0.1) is 0 Å². The molecule has 0 spiro atoms. The van der Waals surface area contributed by atoms with Crippen molar-refractivity contribution in [2.45, 2.75) is 39.3 Å². The second-order valence-corrected chi connectivity index (χ2v) is 3.16. The lowest BCUT2D eigenvalue weighted by Crippen LogP contribution is -2.20. The number of nitroso groups, excluding NO2 is 1. The molecular weight excluding hydrogens is 114 g/mol. The molecule has 9 heavy (non-hydrogen) atoms. The lowest BCUT2D eigenvalue weighted by molar-refractivity contribution is -0.594. The molecular formula is C7H14NO+. The summed E-state index contributed by atoms with van der Waals surface area (Å²) >= 11 is 0. The monoisotopic (exact) mass is 128 g/mol. The van der Waals surface area contributed by atoms with Crippen molar-refractivity contribution in [3.63, 3.8) is 0 Å². The van der Waals surface area contributed by atoms with Gasteiger partial charge >= 0.3 is 0 Å². The van der Waals surface area contributed by atoms with Crippen molar-refractivity contribution in [2.75, 3.05) is 0 Å². The Hall–Kier alpha value is -0.400. The summed E-state index contributed by atoms with van der Waals surface area (Å²) in [5, 5.41) is 0. The smallest absolute Gasteiger partial charge is 0.0558 e. The Labute approximate surface area is 55.8 Å². The first-order valence-electron chi connectivity index (χ1n) is 3.58. The molecule has 0 aromatic carbocycles. The van der Waals surface area contributed by atoms with E-state index in [1.165, 1.54) is 4.76 Å². The molecule has 52 valence electrons. The summed E-state index contributed by atoms with van der Waals surface area (Å²) in [6, 6.07) is 0.481.